The summed E-state index contributed by atoms with van der Waals surface area (Å²) in [5.41, 5.74) is 9.99. The molecule has 1 aromatic rings. The van der Waals surface area contributed by atoms with Gasteiger partial charge < -0.3 is 11.1 Å². The Kier molecular flexibility index (Phi) is 10.8. The van der Waals surface area contributed by atoms with Crippen LogP contribution in [0.4, 0.5) is 11.4 Å². The number of hydrogen-bond donors (Lipinski definition) is 2. The Bertz CT molecular complexity index is 1050. The van der Waals surface area contributed by atoms with Gasteiger partial charge in [-0.05, 0) is 55.7 Å². The zero-order chi connectivity index (χ0) is 24.9. The molecule has 2 atom stereocenters. The van der Waals surface area contributed by atoms with E-state index in [4.69, 9.17) is 5.73 Å². The highest BCUT2D eigenvalue weighted by molar-refractivity contribution is 5.98. The Labute approximate surface area is 204 Å². The normalized spacial score (nSPS) is 21.1. The molecule has 1 aliphatic carbocycles. The van der Waals surface area contributed by atoms with Gasteiger partial charge in [-0.2, -0.15) is 0 Å². The Balaban J connectivity index is 2.23. The lowest BCUT2D eigenvalue weighted by atomic mass is 9.89. The van der Waals surface area contributed by atoms with E-state index < -0.39 is 0 Å². The molecule has 0 aromatic heterocycles. The Morgan fingerprint density at radius 3 is 2.74 bits per heavy atom. The van der Waals surface area contributed by atoms with Crippen molar-refractivity contribution in [3.05, 3.63) is 103 Å². The van der Waals surface area contributed by atoms with Crippen LogP contribution in [-0.4, -0.2) is 12.2 Å². The van der Waals surface area contributed by atoms with Crippen LogP contribution in [0, 0.1) is 11.8 Å². The smallest absolute Gasteiger partial charge is 0.224 e. The lowest BCUT2D eigenvalue weighted by molar-refractivity contribution is -0.117. The van der Waals surface area contributed by atoms with E-state index in [2.05, 4.69) is 49.7 Å². The Morgan fingerprint density at radius 1 is 1.24 bits per heavy atom. The monoisotopic (exact) mass is 456 g/mol. The van der Waals surface area contributed by atoms with E-state index in [1.54, 1.807) is 24.3 Å². The van der Waals surface area contributed by atoms with Crippen molar-refractivity contribution in [1.29, 1.82) is 0 Å². The standard InChI is InChI=1S/C30H36N2O2/c1-5-7-10-13-23(4)17-25(6-2)30-26(21-33)19-27(20-28(30)31)32-29(34)18-24-15-12-9-8-11-14-22(3)16-24/h5-11,13-14,17,19-22,24H,1-2,12,15-16,18,31H2,3-4H3,(H,32,34)/b9-8-,10-7-,14-11-,23-13+,25-17+. The van der Waals surface area contributed by atoms with Crippen LogP contribution in [0.15, 0.2) is 91.6 Å². The molecule has 4 nitrogen and oxygen atoms in total. The van der Waals surface area contributed by atoms with Gasteiger partial charge >= 0.3 is 0 Å². The van der Waals surface area contributed by atoms with Gasteiger partial charge in [-0.1, -0.05) is 86.4 Å². The molecule has 0 saturated carbocycles. The van der Waals surface area contributed by atoms with Gasteiger partial charge in [0.15, 0.2) is 6.29 Å². The Morgan fingerprint density at radius 2 is 2.03 bits per heavy atom. The van der Waals surface area contributed by atoms with Crippen molar-refractivity contribution in [3.8, 4) is 0 Å². The van der Waals surface area contributed by atoms with E-state index in [-0.39, 0.29) is 5.91 Å². The summed E-state index contributed by atoms with van der Waals surface area (Å²) in [5.74, 6) is 0.650. The summed E-state index contributed by atoms with van der Waals surface area (Å²) >= 11 is 0. The van der Waals surface area contributed by atoms with Gasteiger partial charge in [0.2, 0.25) is 5.91 Å². The van der Waals surface area contributed by atoms with Crippen molar-refractivity contribution in [2.45, 2.75) is 39.5 Å². The van der Waals surface area contributed by atoms with Crippen molar-refractivity contribution < 1.29 is 9.59 Å². The number of benzene rings is 1. The van der Waals surface area contributed by atoms with Crippen LogP contribution in [0.2, 0.25) is 0 Å². The number of nitrogens with two attached hydrogens (primary N) is 1. The third kappa shape index (κ3) is 8.36. The fourth-order valence-electron chi connectivity index (χ4n) is 4.14. The fourth-order valence-corrected chi connectivity index (χ4v) is 4.14. The predicted octanol–water partition coefficient (Wildman–Crippen LogP) is 7.22. The van der Waals surface area contributed by atoms with Gasteiger partial charge in [-0.25, -0.2) is 0 Å². The van der Waals surface area contributed by atoms with Crippen LogP contribution in [0.5, 0.6) is 0 Å². The molecule has 1 aliphatic rings. The Hall–Kier alpha value is -3.66. The highest BCUT2D eigenvalue weighted by Gasteiger charge is 2.18. The highest BCUT2D eigenvalue weighted by atomic mass is 16.1. The molecular formula is C30H36N2O2. The number of rotatable bonds is 9. The average Bonchev–Trinajstić information content (AvgIpc) is 2.89. The van der Waals surface area contributed by atoms with Crippen LogP contribution in [0.3, 0.4) is 0 Å². The topological polar surface area (TPSA) is 72.2 Å². The number of allylic oxidation sites excluding steroid dienone is 12. The molecule has 4 heteroatoms. The molecule has 3 N–H and O–H groups in total. The molecule has 0 heterocycles. The molecular weight excluding hydrogens is 420 g/mol. The van der Waals surface area contributed by atoms with Crippen molar-refractivity contribution in [2.75, 3.05) is 11.1 Å². The maximum atomic E-state index is 12.8. The van der Waals surface area contributed by atoms with Gasteiger partial charge in [0.25, 0.3) is 0 Å². The summed E-state index contributed by atoms with van der Waals surface area (Å²) in [6.07, 6.45) is 23.5. The second kappa shape index (κ2) is 13.8. The molecule has 2 unspecified atom stereocenters. The van der Waals surface area contributed by atoms with E-state index >= 15 is 0 Å². The van der Waals surface area contributed by atoms with Crippen LogP contribution in [0.25, 0.3) is 5.57 Å². The summed E-state index contributed by atoms with van der Waals surface area (Å²) in [5, 5.41) is 2.94. The van der Waals surface area contributed by atoms with Crippen molar-refractivity contribution >= 4 is 29.1 Å². The number of amides is 1. The number of carbonyl (C=O) groups excluding carboxylic acids is 2. The van der Waals surface area contributed by atoms with Gasteiger partial charge in [-0.15, -0.1) is 0 Å². The van der Waals surface area contributed by atoms with E-state index in [0.717, 1.165) is 36.7 Å². The number of hydrogen-bond acceptors (Lipinski definition) is 3. The van der Waals surface area contributed by atoms with Crippen LogP contribution < -0.4 is 11.1 Å². The molecule has 0 saturated heterocycles. The highest BCUT2D eigenvalue weighted by Crippen LogP contribution is 2.31. The van der Waals surface area contributed by atoms with Gasteiger partial charge in [-0.3, -0.25) is 9.59 Å². The zero-order valence-electron chi connectivity index (χ0n) is 20.3. The quantitative estimate of drug-likeness (QED) is 0.234. The van der Waals surface area contributed by atoms with E-state index in [1.165, 1.54) is 0 Å². The van der Waals surface area contributed by atoms with E-state index in [1.807, 2.05) is 31.2 Å². The second-order valence-corrected chi connectivity index (χ2v) is 8.70. The third-order valence-electron chi connectivity index (χ3n) is 5.72. The SMILES string of the molecule is C=C\C=C/C=C(C)/C=C(\C=C)c1c(N)cc(NC(=O)CC2CC/C=C\C=C/C(C)C2)cc1C=O. The number of nitrogen functional groups attached to an aromatic ring is 1. The first-order valence-electron chi connectivity index (χ1n) is 11.7. The van der Waals surface area contributed by atoms with Crippen LogP contribution in [0.1, 0.15) is 55.5 Å². The molecule has 2 rings (SSSR count). The van der Waals surface area contributed by atoms with Crippen molar-refractivity contribution in [2.24, 2.45) is 11.8 Å². The third-order valence-corrected chi connectivity index (χ3v) is 5.72. The summed E-state index contributed by atoms with van der Waals surface area (Å²) < 4.78 is 0. The first-order chi connectivity index (χ1) is 16.4. The largest absolute Gasteiger partial charge is 0.398 e. The number of nitrogens with one attached hydrogen (secondary N) is 1. The summed E-state index contributed by atoms with van der Waals surface area (Å²) in [6, 6.07) is 3.37. The number of anilines is 2. The predicted molar refractivity (Wildman–Crippen MR) is 146 cm³/mol. The lowest BCUT2D eigenvalue weighted by Gasteiger charge is -2.19. The molecule has 0 bridgehead atoms. The van der Waals surface area contributed by atoms with E-state index in [0.29, 0.717) is 40.8 Å². The van der Waals surface area contributed by atoms with Crippen molar-refractivity contribution in [1.82, 2.24) is 0 Å². The molecule has 0 spiro atoms. The van der Waals surface area contributed by atoms with Gasteiger partial charge in [0, 0.05) is 28.9 Å². The number of aldehydes is 1. The minimum absolute atomic E-state index is 0.0688. The number of carbonyl (C=O) groups is 2. The summed E-state index contributed by atoms with van der Waals surface area (Å²) in [7, 11) is 0. The molecule has 0 radical (unpaired) electrons. The lowest BCUT2D eigenvalue weighted by Crippen LogP contribution is -2.18. The zero-order valence-corrected chi connectivity index (χ0v) is 20.3. The average molecular weight is 457 g/mol. The maximum Gasteiger partial charge on any atom is 0.224 e. The second-order valence-electron chi connectivity index (χ2n) is 8.70. The summed E-state index contributed by atoms with van der Waals surface area (Å²) in [6.45, 7) is 11.7. The maximum absolute atomic E-state index is 12.8. The van der Waals surface area contributed by atoms with Crippen LogP contribution in [-0.2, 0) is 4.79 Å². The minimum Gasteiger partial charge on any atom is -0.398 e. The van der Waals surface area contributed by atoms with Crippen LogP contribution >= 0.6 is 0 Å². The van der Waals surface area contributed by atoms with Crippen molar-refractivity contribution in [3.63, 3.8) is 0 Å². The molecule has 1 amide bonds. The molecule has 178 valence electrons. The molecule has 34 heavy (non-hydrogen) atoms. The molecule has 0 fully saturated rings. The minimum atomic E-state index is -0.0688. The van der Waals surface area contributed by atoms with E-state index in [9.17, 15) is 9.59 Å². The van der Waals surface area contributed by atoms with Gasteiger partial charge in [0.1, 0.15) is 0 Å². The molecule has 1 aromatic carbocycles. The first-order valence-corrected chi connectivity index (χ1v) is 11.7. The van der Waals surface area contributed by atoms with Gasteiger partial charge in [0.05, 0.1) is 0 Å². The summed E-state index contributed by atoms with van der Waals surface area (Å²) in [4.78, 5) is 24.7. The first kappa shape index (κ1) is 26.6. The fraction of sp³-hybridized carbons (Fsp3) is 0.267. The molecule has 0 aliphatic heterocycles.